The lowest BCUT2D eigenvalue weighted by Gasteiger charge is -1.93. The van der Waals surface area contributed by atoms with E-state index in [1.54, 1.807) is 12.1 Å². The Labute approximate surface area is 70.6 Å². The minimum atomic E-state index is -2.04. The maximum absolute atomic E-state index is 10.9. The highest BCUT2D eigenvalue weighted by molar-refractivity contribution is 7.33. The summed E-state index contributed by atoms with van der Waals surface area (Å²) >= 11 is 0. The molecule has 0 N–H and O–H groups in total. The van der Waals surface area contributed by atoms with Gasteiger partial charge in [0.25, 0.3) is 0 Å². The first kappa shape index (κ1) is 7.32. The molecule has 60 valence electrons. The third-order valence-electron chi connectivity index (χ3n) is 1.49. The van der Waals surface area contributed by atoms with Gasteiger partial charge >= 0.3 is 8.25 Å². The monoisotopic (exact) mass is 181 g/mol. The van der Waals surface area contributed by atoms with Gasteiger partial charge in [-0.25, -0.2) is 9.05 Å². The molecule has 1 atom stereocenters. The zero-order valence-electron chi connectivity index (χ0n) is 6.14. The summed E-state index contributed by atoms with van der Waals surface area (Å²) in [7, 11) is -2.04. The van der Waals surface area contributed by atoms with E-state index in [2.05, 4.69) is 0 Å². The van der Waals surface area contributed by atoms with Crippen LogP contribution in [0.3, 0.4) is 0 Å². The van der Waals surface area contributed by atoms with Crippen molar-refractivity contribution < 1.29 is 13.6 Å². The molecule has 3 nitrogen and oxygen atoms in total. The molecule has 1 aromatic carbocycles. The maximum atomic E-state index is 10.9. The summed E-state index contributed by atoms with van der Waals surface area (Å²) in [5.74, 6) is 0.590. The Morgan fingerprint density at radius 2 is 2.08 bits per heavy atom. The molecule has 0 spiro atoms. The third kappa shape index (κ3) is 1.31. The van der Waals surface area contributed by atoms with Crippen LogP contribution in [0, 0.1) is 0 Å². The number of para-hydroxylation sites is 1. The van der Waals surface area contributed by atoms with Crippen LogP contribution in [0.25, 0.3) is 6.08 Å². The predicted molar refractivity (Wildman–Crippen MR) is 44.8 cm³/mol. The van der Waals surface area contributed by atoms with Gasteiger partial charge in [0.05, 0.1) is 0 Å². The summed E-state index contributed by atoms with van der Waals surface area (Å²) in [6, 6.07) is 7.32. The van der Waals surface area contributed by atoms with Gasteiger partial charge in [-0.15, -0.1) is 0 Å². The van der Waals surface area contributed by atoms with E-state index in [4.69, 9.17) is 9.05 Å². The third-order valence-corrected chi connectivity index (χ3v) is 2.13. The van der Waals surface area contributed by atoms with Crippen molar-refractivity contribution in [2.75, 3.05) is 0 Å². The van der Waals surface area contributed by atoms with Crippen molar-refractivity contribution >= 4 is 14.3 Å². The quantitative estimate of drug-likeness (QED) is 0.577. The van der Waals surface area contributed by atoms with E-state index >= 15 is 0 Å². The number of fused-ring (bicyclic) bond motifs is 1. The number of rotatable bonds is 0. The van der Waals surface area contributed by atoms with Crippen LogP contribution in [0.4, 0.5) is 0 Å². The summed E-state index contributed by atoms with van der Waals surface area (Å²) in [6.45, 7) is 0. The van der Waals surface area contributed by atoms with E-state index in [1.807, 2.05) is 18.2 Å². The summed E-state index contributed by atoms with van der Waals surface area (Å²) in [6.07, 6.45) is 3.10. The van der Waals surface area contributed by atoms with Crippen molar-refractivity contribution in [1.29, 1.82) is 0 Å². The first-order chi connectivity index (χ1) is 5.86. The highest BCUT2D eigenvalue weighted by Crippen LogP contribution is 2.34. The Morgan fingerprint density at radius 3 is 3.00 bits per heavy atom. The lowest BCUT2D eigenvalue weighted by Crippen LogP contribution is -1.81. The Balaban J connectivity index is 2.48. The average Bonchev–Trinajstić information content (AvgIpc) is 2.25. The van der Waals surface area contributed by atoms with Gasteiger partial charge in [0.2, 0.25) is 0 Å². The summed E-state index contributed by atoms with van der Waals surface area (Å²) < 4.78 is 20.6. The molecule has 0 fully saturated rings. The molecule has 4 heteroatoms. The van der Waals surface area contributed by atoms with Crippen LogP contribution >= 0.6 is 8.25 Å². The average molecular weight is 181 g/mol. The van der Waals surface area contributed by atoms with Crippen molar-refractivity contribution in [3.63, 3.8) is 0 Å². The van der Waals surface area contributed by atoms with Crippen LogP contribution in [0.1, 0.15) is 5.56 Å². The van der Waals surface area contributed by atoms with E-state index in [-0.39, 0.29) is 0 Å². The van der Waals surface area contributed by atoms with Gasteiger partial charge in [0, 0.05) is 10.1 Å². The zero-order valence-corrected chi connectivity index (χ0v) is 7.03. The largest absolute Gasteiger partial charge is 0.804 e. The minimum absolute atomic E-state index is 0.590. The molecule has 1 heterocycles. The maximum Gasteiger partial charge on any atom is 0.804 e. The second-order valence-electron chi connectivity index (χ2n) is 2.26. The van der Waals surface area contributed by atoms with Gasteiger partial charge in [-0.3, -0.25) is 0 Å². The van der Waals surface area contributed by atoms with E-state index in [9.17, 15) is 4.57 Å². The molecule has 1 aliphatic heterocycles. The summed E-state index contributed by atoms with van der Waals surface area (Å²) in [5, 5.41) is 0. The Kier molecular flexibility index (Phi) is 1.80. The molecule has 0 amide bonds. The Morgan fingerprint density at radius 1 is 1.25 bits per heavy atom. The molecule has 0 radical (unpaired) electrons. The fourth-order valence-electron chi connectivity index (χ4n) is 0.957. The van der Waals surface area contributed by atoms with Crippen LogP contribution in [0.15, 0.2) is 30.5 Å². The lowest BCUT2D eigenvalue weighted by atomic mass is 10.2. The smallest absolute Gasteiger partial charge is 0.230 e. The first-order valence-corrected chi connectivity index (χ1v) is 4.53. The van der Waals surface area contributed by atoms with Crippen LogP contribution in [0.2, 0.25) is 0 Å². The normalized spacial score (nSPS) is 17.2. The minimum Gasteiger partial charge on any atom is -0.230 e. The van der Waals surface area contributed by atoms with E-state index < -0.39 is 8.25 Å². The van der Waals surface area contributed by atoms with Gasteiger partial charge in [0.15, 0.2) is 12.0 Å². The summed E-state index contributed by atoms with van der Waals surface area (Å²) in [5.41, 5.74) is 0.873. The second-order valence-corrected chi connectivity index (χ2v) is 3.10. The van der Waals surface area contributed by atoms with E-state index in [0.29, 0.717) is 5.75 Å². The van der Waals surface area contributed by atoms with E-state index in [0.717, 1.165) is 5.56 Å². The molecule has 1 aromatic rings. The SMILES string of the molecule is O=[P+]1OC=Cc2ccccc2O1. The number of hydrogen-bond donors (Lipinski definition) is 0. The number of hydrogen-bond acceptors (Lipinski definition) is 3. The predicted octanol–water partition coefficient (Wildman–Crippen LogP) is 2.72. The fraction of sp³-hybridized carbons (Fsp3) is 0. The van der Waals surface area contributed by atoms with Gasteiger partial charge in [-0.1, -0.05) is 18.2 Å². The van der Waals surface area contributed by atoms with Gasteiger partial charge in [0.1, 0.15) is 0 Å². The topological polar surface area (TPSA) is 35.5 Å². The van der Waals surface area contributed by atoms with Crippen LogP contribution < -0.4 is 4.52 Å². The van der Waals surface area contributed by atoms with Gasteiger partial charge < -0.3 is 0 Å². The highest BCUT2D eigenvalue weighted by Gasteiger charge is 2.24. The zero-order chi connectivity index (χ0) is 8.39. The first-order valence-electron chi connectivity index (χ1n) is 3.44. The van der Waals surface area contributed by atoms with Gasteiger partial charge in [-0.05, 0) is 12.1 Å². The summed E-state index contributed by atoms with van der Waals surface area (Å²) in [4.78, 5) is 0. The van der Waals surface area contributed by atoms with Crippen LogP contribution in [-0.4, -0.2) is 0 Å². The standard InChI is InChI=1S/C8H6O3P/c9-12-10-6-5-7-3-1-2-4-8(7)11-12/h1-6H/q+1. The molecule has 0 saturated heterocycles. The molecule has 0 aliphatic carbocycles. The van der Waals surface area contributed by atoms with Crippen molar-refractivity contribution in [3.05, 3.63) is 36.1 Å². The van der Waals surface area contributed by atoms with Crippen molar-refractivity contribution in [2.24, 2.45) is 0 Å². The molecule has 0 bridgehead atoms. The molecule has 2 rings (SSSR count). The highest BCUT2D eigenvalue weighted by atomic mass is 31.1. The van der Waals surface area contributed by atoms with Crippen molar-refractivity contribution in [2.45, 2.75) is 0 Å². The lowest BCUT2D eigenvalue weighted by molar-refractivity contribution is 0.388. The number of benzene rings is 1. The molecule has 1 aliphatic rings. The van der Waals surface area contributed by atoms with Crippen LogP contribution in [-0.2, 0) is 9.09 Å². The van der Waals surface area contributed by atoms with E-state index in [1.165, 1.54) is 6.26 Å². The molecular formula is C8H6O3P+. The molecule has 0 aromatic heterocycles. The van der Waals surface area contributed by atoms with Crippen molar-refractivity contribution in [3.8, 4) is 5.75 Å². The Hall–Kier alpha value is -1.34. The van der Waals surface area contributed by atoms with Gasteiger partial charge in [-0.2, -0.15) is 0 Å². The fourth-order valence-corrected chi connectivity index (χ4v) is 1.49. The second kappa shape index (κ2) is 2.95. The molecule has 12 heavy (non-hydrogen) atoms. The molecule has 1 unspecified atom stereocenters. The Bertz CT molecular complexity index is 346. The van der Waals surface area contributed by atoms with Crippen LogP contribution in [0.5, 0.6) is 5.75 Å². The molecule has 0 saturated carbocycles. The molecular weight excluding hydrogens is 175 g/mol. The van der Waals surface area contributed by atoms with Crippen molar-refractivity contribution in [1.82, 2.24) is 0 Å².